The lowest BCUT2D eigenvalue weighted by molar-refractivity contribution is 0.668. The van der Waals surface area contributed by atoms with Gasteiger partial charge in [-0.1, -0.05) is 109 Å². The molecule has 0 atom stereocenters. The first-order chi connectivity index (χ1) is 25.3. The highest BCUT2D eigenvalue weighted by Gasteiger charge is 2.21. The zero-order valence-electron chi connectivity index (χ0n) is 27.1. The first-order valence-electron chi connectivity index (χ1n) is 16.9. The van der Waals surface area contributed by atoms with Crippen LogP contribution in [-0.4, -0.2) is 19.5 Å². The molecular weight excluding hydrogens is 629 g/mol. The van der Waals surface area contributed by atoms with Crippen LogP contribution in [0.1, 0.15) is 0 Å². The molecule has 0 amide bonds. The molecule has 6 heteroatoms. The molecule has 238 valence electrons. The van der Waals surface area contributed by atoms with Crippen molar-refractivity contribution < 1.29 is 8.83 Å². The number of nitrogens with zero attached hydrogens (tertiary/aromatic N) is 4. The van der Waals surface area contributed by atoms with E-state index in [0.29, 0.717) is 17.5 Å². The molecule has 4 aromatic heterocycles. The number of hydrogen-bond donors (Lipinski definition) is 0. The van der Waals surface area contributed by atoms with Gasteiger partial charge in [-0.15, -0.1) is 0 Å². The molecule has 0 fully saturated rings. The second-order valence-electron chi connectivity index (χ2n) is 12.8. The maximum absolute atomic E-state index is 6.61. The summed E-state index contributed by atoms with van der Waals surface area (Å²) < 4.78 is 15.2. The van der Waals surface area contributed by atoms with Crippen molar-refractivity contribution in [2.45, 2.75) is 0 Å². The van der Waals surface area contributed by atoms with Gasteiger partial charge in [0.15, 0.2) is 17.5 Å². The van der Waals surface area contributed by atoms with E-state index in [9.17, 15) is 0 Å². The fraction of sp³-hybridized carbons (Fsp3) is 0. The van der Waals surface area contributed by atoms with Gasteiger partial charge >= 0.3 is 0 Å². The van der Waals surface area contributed by atoms with Crippen LogP contribution in [0, 0.1) is 0 Å². The first-order valence-corrected chi connectivity index (χ1v) is 16.9. The summed E-state index contributed by atoms with van der Waals surface area (Å²) in [6.07, 6.45) is 0. The molecule has 7 aromatic carbocycles. The predicted molar refractivity (Wildman–Crippen MR) is 205 cm³/mol. The third-order valence-electron chi connectivity index (χ3n) is 9.87. The highest BCUT2D eigenvalue weighted by atomic mass is 16.3. The SMILES string of the molecule is c1ccc(-c2nc(-c3cccc4oc5ccccc5c34)nc(-c3cccc4oc5cc(-n6c7ccccc7c7ccccc76)ccc5c34)n2)cc1. The molecule has 0 radical (unpaired) electrons. The average molecular weight is 655 g/mol. The van der Waals surface area contributed by atoms with Crippen LogP contribution in [0.3, 0.4) is 0 Å². The van der Waals surface area contributed by atoms with Crippen LogP contribution in [-0.2, 0) is 0 Å². The standard InChI is InChI=1S/C45H26N4O2/c1-2-12-27(13-3-1)43-46-44(33-17-10-22-38-41(33)31-16-6-9-21-37(31)50-38)48-45(47-43)34-18-11-23-39-42(34)32-25-24-28(26-40(32)51-39)49-35-19-7-4-14-29(35)30-15-5-8-20-36(30)49/h1-26H. The third kappa shape index (κ3) is 4.20. The van der Waals surface area contributed by atoms with E-state index in [-0.39, 0.29) is 0 Å². The van der Waals surface area contributed by atoms with Crippen LogP contribution in [0.25, 0.3) is 106 Å². The fourth-order valence-corrected chi connectivity index (χ4v) is 7.63. The van der Waals surface area contributed by atoms with Crippen LogP contribution in [0.2, 0.25) is 0 Å². The van der Waals surface area contributed by atoms with E-state index in [1.54, 1.807) is 0 Å². The molecule has 0 spiro atoms. The summed E-state index contributed by atoms with van der Waals surface area (Å²) >= 11 is 0. The average Bonchev–Trinajstić information content (AvgIpc) is 3.87. The van der Waals surface area contributed by atoms with Gasteiger partial charge < -0.3 is 13.4 Å². The van der Waals surface area contributed by atoms with Crippen molar-refractivity contribution >= 4 is 65.7 Å². The normalized spacial score (nSPS) is 11.9. The van der Waals surface area contributed by atoms with E-state index in [1.165, 1.54) is 10.8 Å². The molecular formula is C45H26N4O2. The minimum absolute atomic E-state index is 0.573. The number of para-hydroxylation sites is 3. The van der Waals surface area contributed by atoms with Gasteiger partial charge in [-0.2, -0.15) is 0 Å². The molecule has 0 saturated carbocycles. The smallest absolute Gasteiger partial charge is 0.164 e. The van der Waals surface area contributed by atoms with Crippen LogP contribution in [0.4, 0.5) is 0 Å². The maximum atomic E-state index is 6.61. The lowest BCUT2D eigenvalue weighted by Gasteiger charge is -2.10. The van der Waals surface area contributed by atoms with Crippen molar-refractivity contribution in [1.82, 2.24) is 19.5 Å². The zero-order valence-corrected chi connectivity index (χ0v) is 27.1. The second-order valence-corrected chi connectivity index (χ2v) is 12.8. The van der Waals surface area contributed by atoms with Crippen LogP contribution in [0.5, 0.6) is 0 Å². The van der Waals surface area contributed by atoms with Gasteiger partial charge in [0.2, 0.25) is 0 Å². The molecule has 4 heterocycles. The van der Waals surface area contributed by atoms with E-state index in [0.717, 1.165) is 77.3 Å². The number of benzene rings is 7. The highest BCUT2D eigenvalue weighted by molar-refractivity contribution is 6.14. The van der Waals surface area contributed by atoms with E-state index >= 15 is 0 Å². The van der Waals surface area contributed by atoms with Crippen LogP contribution in [0.15, 0.2) is 167 Å². The lowest BCUT2D eigenvalue weighted by atomic mass is 10.0. The Morgan fingerprint density at radius 3 is 1.55 bits per heavy atom. The second kappa shape index (κ2) is 10.7. The van der Waals surface area contributed by atoms with Gasteiger partial charge in [-0.25, -0.2) is 15.0 Å². The Balaban J connectivity index is 1.14. The van der Waals surface area contributed by atoms with E-state index in [4.69, 9.17) is 23.8 Å². The molecule has 0 aliphatic rings. The third-order valence-corrected chi connectivity index (χ3v) is 9.87. The van der Waals surface area contributed by atoms with Crippen molar-refractivity contribution in [3.8, 4) is 39.9 Å². The van der Waals surface area contributed by atoms with Crippen LogP contribution < -0.4 is 0 Å². The summed E-state index contributed by atoms with van der Waals surface area (Å²) in [6.45, 7) is 0. The Bertz CT molecular complexity index is 3100. The van der Waals surface area contributed by atoms with Gasteiger partial charge in [-0.3, -0.25) is 0 Å². The monoisotopic (exact) mass is 654 g/mol. The molecule has 0 bridgehead atoms. The number of furan rings is 2. The Kier molecular flexibility index (Phi) is 5.86. The Labute approximate surface area is 290 Å². The lowest BCUT2D eigenvalue weighted by Crippen LogP contribution is -2.00. The quantitative estimate of drug-likeness (QED) is 0.189. The number of hydrogen-bond acceptors (Lipinski definition) is 5. The molecule has 0 aliphatic heterocycles. The van der Waals surface area contributed by atoms with Crippen molar-refractivity contribution in [1.29, 1.82) is 0 Å². The maximum Gasteiger partial charge on any atom is 0.164 e. The number of aromatic nitrogens is 4. The number of fused-ring (bicyclic) bond motifs is 9. The molecule has 0 N–H and O–H groups in total. The molecule has 11 rings (SSSR count). The topological polar surface area (TPSA) is 69.9 Å². The Hall–Kier alpha value is -7.05. The van der Waals surface area contributed by atoms with Crippen molar-refractivity contribution in [2.75, 3.05) is 0 Å². The predicted octanol–water partition coefficient (Wildman–Crippen LogP) is 11.8. The highest BCUT2D eigenvalue weighted by Crippen LogP contribution is 2.40. The molecule has 0 unspecified atom stereocenters. The van der Waals surface area contributed by atoms with Gasteiger partial charge in [0.1, 0.15) is 22.3 Å². The summed E-state index contributed by atoms with van der Waals surface area (Å²) in [5.41, 5.74) is 9.20. The molecule has 11 aromatic rings. The minimum Gasteiger partial charge on any atom is -0.456 e. The van der Waals surface area contributed by atoms with Crippen molar-refractivity contribution in [2.24, 2.45) is 0 Å². The van der Waals surface area contributed by atoms with Crippen LogP contribution >= 0.6 is 0 Å². The van der Waals surface area contributed by atoms with Gasteiger partial charge in [0, 0.05) is 60.8 Å². The zero-order chi connectivity index (χ0) is 33.5. The molecule has 0 aliphatic carbocycles. The van der Waals surface area contributed by atoms with Crippen molar-refractivity contribution in [3.63, 3.8) is 0 Å². The van der Waals surface area contributed by atoms with Gasteiger partial charge in [-0.05, 0) is 42.5 Å². The Morgan fingerprint density at radius 2 is 0.882 bits per heavy atom. The largest absolute Gasteiger partial charge is 0.456 e. The summed E-state index contributed by atoms with van der Waals surface area (Å²) in [5.74, 6) is 1.75. The minimum atomic E-state index is 0.573. The molecule has 0 saturated heterocycles. The summed E-state index contributed by atoms with van der Waals surface area (Å²) in [7, 11) is 0. The summed E-state index contributed by atoms with van der Waals surface area (Å²) in [6, 6.07) is 53.8. The van der Waals surface area contributed by atoms with Crippen molar-refractivity contribution in [3.05, 3.63) is 158 Å². The van der Waals surface area contributed by atoms with E-state index in [1.807, 2.05) is 72.8 Å². The van der Waals surface area contributed by atoms with Gasteiger partial charge in [0.05, 0.1) is 11.0 Å². The summed E-state index contributed by atoms with van der Waals surface area (Å²) in [5, 5.41) is 6.40. The van der Waals surface area contributed by atoms with Gasteiger partial charge in [0.25, 0.3) is 0 Å². The fourth-order valence-electron chi connectivity index (χ4n) is 7.63. The number of rotatable bonds is 4. The molecule has 51 heavy (non-hydrogen) atoms. The van der Waals surface area contributed by atoms with E-state index in [2.05, 4.69) is 89.5 Å². The first kappa shape index (κ1) is 27.9. The Morgan fingerprint density at radius 1 is 0.373 bits per heavy atom. The molecule has 6 nitrogen and oxygen atoms in total. The van der Waals surface area contributed by atoms with E-state index < -0.39 is 0 Å². The summed E-state index contributed by atoms with van der Waals surface area (Å²) in [4.78, 5) is 15.4.